The Morgan fingerprint density at radius 1 is 1.18 bits per heavy atom. The van der Waals surface area contributed by atoms with Gasteiger partial charge in [0.2, 0.25) is 0 Å². The maximum Gasteiger partial charge on any atom is 0.328 e. The van der Waals surface area contributed by atoms with Gasteiger partial charge in [-0.15, -0.1) is 0 Å². The van der Waals surface area contributed by atoms with Crippen molar-refractivity contribution < 1.29 is 33.8 Å². The smallest absolute Gasteiger partial charge is 0.328 e. The van der Waals surface area contributed by atoms with E-state index < -0.39 is 31.7 Å². The fourth-order valence-corrected chi connectivity index (χ4v) is 4.33. The van der Waals surface area contributed by atoms with Crippen LogP contribution in [0.25, 0.3) is 22.1 Å². The highest BCUT2D eigenvalue weighted by molar-refractivity contribution is 7.51. The molecule has 12 nitrogen and oxygen atoms in total. The predicted octanol–water partition coefficient (Wildman–Crippen LogP) is 1.41. The lowest BCUT2D eigenvalue weighted by Gasteiger charge is -2.15. The highest BCUT2D eigenvalue weighted by Gasteiger charge is 2.29. The molecule has 0 aliphatic carbocycles. The van der Waals surface area contributed by atoms with Crippen LogP contribution in [0, 0.1) is 0 Å². The number of carbonyl (C=O) groups is 2. The van der Waals surface area contributed by atoms with Gasteiger partial charge in [-0.25, -0.2) is 14.8 Å². The maximum absolute atomic E-state index is 12.6. The van der Waals surface area contributed by atoms with Gasteiger partial charge in [0.05, 0.1) is 41.8 Å². The molecule has 0 aliphatic heterocycles. The summed E-state index contributed by atoms with van der Waals surface area (Å²) in [6.45, 7) is 0. The molecular weight excluding hydrogens is 465 g/mol. The van der Waals surface area contributed by atoms with Gasteiger partial charge in [0.1, 0.15) is 23.4 Å². The number of nitrogens with zero attached hydrogens (tertiary/aromatic N) is 3. The van der Waals surface area contributed by atoms with Crippen LogP contribution in [0.1, 0.15) is 22.0 Å². The summed E-state index contributed by atoms with van der Waals surface area (Å²) in [6, 6.07) is 8.43. The zero-order valence-electron chi connectivity index (χ0n) is 18.2. The number of carbonyl (C=O) groups excluding carboxylic acids is 1. The molecule has 2 aromatic carbocycles. The van der Waals surface area contributed by atoms with E-state index in [2.05, 4.69) is 20.3 Å². The Kier molecular flexibility index (Phi) is 6.13. The van der Waals surface area contributed by atoms with Crippen LogP contribution < -0.4 is 10.1 Å². The molecule has 1 atom stereocenters. The van der Waals surface area contributed by atoms with Crippen LogP contribution in [-0.2, 0) is 22.8 Å². The topological polar surface area (TPSA) is 180 Å². The number of aromatic amines is 1. The number of ether oxygens (including phenoxy) is 1. The second-order valence-electron chi connectivity index (χ2n) is 7.75. The van der Waals surface area contributed by atoms with E-state index in [9.17, 15) is 19.3 Å². The van der Waals surface area contributed by atoms with Crippen LogP contribution in [-0.4, -0.2) is 65.6 Å². The first-order chi connectivity index (χ1) is 16.0. The minimum absolute atomic E-state index is 0.134. The Balaban J connectivity index is 1.58. The minimum atomic E-state index is -4.64. The van der Waals surface area contributed by atoms with Gasteiger partial charge in [0, 0.05) is 18.7 Å². The normalized spacial score (nSPS) is 12.7. The number of hydrogen-bond donors (Lipinski definition) is 5. The summed E-state index contributed by atoms with van der Waals surface area (Å²) in [4.78, 5) is 54.4. The first kappa shape index (κ1) is 23.4. The molecular formula is C21H22N5O7P. The lowest BCUT2D eigenvalue weighted by atomic mass is 10.1. The van der Waals surface area contributed by atoms with Crippen molar-refractivity contribution in [1.29, 1.82) is 0 Å². The fourth-order valence-electron chi connectivity index (χ4n) is 3.61. The van der Waals surface area contributed by atoms with Crippen molar-refractivity contribution in [2.75, 3.05) is 13.3 Å². The molecule has 178 valence electrons. The summed E-state index contributed by atoms with van der Waals surface area (Å²) in [5.41, 5.74) is 3.00. The van der Waals surface area contributed by atoms with Gasteiger partial charge in [-0.3, -0.25) is 9.36 Å². The second-order valence-corrected chi connectivity index (χ2v) is 9.44. The molecule has 0 aliphatic rings. The lowest BCUT2D eigenvalue weighted by Crippen LogP contribution is -2.43. The number of amides is 1. The number of aryl methyl sites for hydroxylation is 1. The quantitative estimate of drug-likeness (QED) is 0.230. The number of benzene rings is 2. The Hall–Kier alpha value is -3.73. The highest BCUT2D eigenvalue weighted by atomic mass is 31.2. The fraction of sp³-hybridized carbons (Fsp3) is 0.238. The molecule has 0 radical (unpaired) electrons. The summed E-state index contributed by atoms with van der Waals surface area (Å²) in [5, 5.41) is 11.3. The molecule has 0 fully saturated rings. The van der Waals surface area contributed by atoms with Crippen molar-refractivity contribution in [1.82, 2.24) is 24.8 Å². The van der Waals surface area contributed by atoms with Crippen molar-refractivity contribution in [3.8, 4) is 5.75 Å². The van der Waals surface area contributed by atoms with Crippen LogP contribution in [0.5, 0.6) is 5.75 Å². The van der Waals surface area contributed by atoms with Crippen LogP contribution in [0.15, 0.2) is 36.4 Å². The molecule has 1 unspecified atom stereocenters. The molecule has 0 spiro atoms. The zero-order valence-corrected chi connectivity index (χ0v) is 19.1. The molecule has 2 aromatic heterocycles. The molecule has 0 saturated heterocycles. The van der Waals surface area contributed by atoms with E-state index in [1.807, 2.05) is 18.2 Å². The van der Waals surface area contributed by atoms with E-state index in [0.29, 0.717) is 34.9 Å². The van der Waals surface area contributed by atoms with E-state index >= 15 is 0 Å². The van der Waals surface area contributed by atoms with Crippen molar-refractivity contribution in [2.24, 2.45) is 7.05 Å². The highest BCUT2D eigenvalue weighted by Crippen LogP contribution is 2.35. The van der Waals surface area contributed by atoms with E-state index in [0.717, 1.165) is 11.0 Å². The van der Waals surface area contributed by atoms with Gasteiger partial charge in [-0.2, -0.15) is 0 Å². The third kappa shape index (κ3) is 4.93. The Morgan fingerprint density at radius 2 is 1.91 bits per heavy atom. The summed E-state index contributed by atoms with van der Waals surface area (Å²) < 4.78 is 18.2. The first-order valence-corrected chi connectivity index (χ1v) is 11.9. The number of aliphatic carboxylic acids is 1. The molecule has 5 N–H and O–H groups in total. The second kappa shape index (κ2) is 8.90. The molecule has 34 heavy (non-hydrogen) atoms. The summed E-state index contributed by atoms with van der Waals surface area (Å²) in [7, 11) is -1.27. The Bertz CT molecular complexity index is 1450. The van der Waals surface area contributed by atoms with Crippen molar-refractivity contribution in [3.63, 3.8) is 0 Å². The molecule has 0 bridgehead atoms. The number of imidazole rings is 2. The molecule has 2 heterocycles. The molecule has 1 amide bonds. The van der Waals surface area contributed by atoms with E-state index in [1.54, 1.807) is 30.9 Å². The van der Waals surface area contributed by atoms with E-state index in [-0.39, 0.29) is 5.56 Å². The van der Waals surface area contributed by atoms with Crippen LogP contribution in [0.4, 0.5) is 0 Å². The first-order valence-electron chi connectivity index (χ1n) is 10.1. The molecule has 4 rings (SSSR count). The van der Waals surface area contributed by atoms with Crippen molar-refractivity contribution in [3.05, 3.63) is 53.6 Å². The van der Waals surface area contributed by atoms with Gasteiger partial charge in [0.15, 0.2) is 0 Å². The third-order valence-corrected chi connectivity index (χ3v) is 6.16. The summed E-state index contributed by atoms with van der Waals surface area (Å²) in [5.74, 6) is -0.215. The van der Waals surface area contributed by atoms with Crippen molar-refractivity contribution in [2.45, 2.75) is 12.5 Å². The largest absolute Gasteiger partial charge is 0.497 e. The molecule has 13 heteroatoms. The van der Waals surface area contributed by atoms with Gasteiger partial charge >= 0.3 is 13.6 Å². The Morgan fingerprint density at radius 3 is 2.59 bits per heavy atom. The van der Waals surface area contributed by atoms with E-state index in [1.165, 1.54) is 6.07 Å². The Labute approximate surface area is 192 Å². The standard InChI is InChI=1S/C21H22N5O7P/c1-26-17-7-11(20(27)25-16(21(28)29)10-34(30,31)32)3-5-14(17)24-19(26)9-18-22-13-6-4-12(33-2)8-15(13)23-18/h3-8,16H,9-10H2,1-2H3,(H,22,23)(H,25,27)(H,28,29)(H2,30,31,32). The number of nitrogens with one attached hydrogen (secondary N) is 2. The summed E-state index contributed by atoms with van der Waals surface area (Å²) in [6.07, 6.45) is -0.609. The predicted molar refractivity (Wildman–Crippen MR) is 122 cm³/mol. The number of fused-ring (bicyclic) bond motifs is 2. The average molecular weight is 487 g/mol. The molecule has 0 saturated carbocycles. The van der Waals surface area contributed by atoms with Gasteiger partial charge < -0.3 is 34.5 Å². The zero-order chi connectivity index (χ0) is 24.6. The van der Waals surface area contributed by atoms with Gasteiger partial charge in [0.25, 0.3) is 5.91 Å². The number of carboxylic acids is 1. The minimum Gasteiger partial charge on any atom is -0.497 e. The number of aromatic nitrogens is 4. The lowest BCUT2D eigenvalue weighted by molar-refractivity contribution is -0.138. The van der Waals surface area contributed by atoms with Gasteiger partial charge in [-0.05, 0) is 30.3 Å². The SMILES string of the molecule is COc1ccc2nc(Cc3nc4ccc(C(=O)NC(CP(=O)(O)O)C(=O)O)cc4n3C)[nH]c2c1. The van der Waals surface area contributed by atoms with Crippen molar-refractivity contribution >= 4 is 41.5 Å². The van der Waals surface area contributed by atoms with Crippen LogP contribution >= 0.6 is 7.60 Å². The average Bonchev–Trinajstić information content (AvgIpc) is 3.31. The maximum atomic E-state index is 12.6. The van der Waals surface area contributed by atoms with E-state index in [4.69, 9.17) is 14.5 Å². The monoisotopic (exact) mass is 487 g/mol. The number of hydrogen-bond acceptors (Lipinski definition) is 6. The van der Waals surface area contributed by atoms with Crippen LogP contribution in [0.3, 0.4) is 0 Å². The third-order valence-electron chi connectivity index (χ3n) is 5.32. The number of methoxy groups -OCH3 is 1. The number of H-pyrrole nitrogens is 1. The van der Waals surface area contributed by atoms with Gasteiger partial charge in [-0.1, -0.05) is 0 Å². The number of rotatable bonds is 8. The summed E-state index contributed by atoms with van der Waals surface area (Å²) >= 11 is 0. The van der Waals surface area contributed by atoms with Crippen LogP contribution in [0.2, 0.25) is 0 Å². The number of carboxylic acid groups (broad SMARTS) is 1. The molecule has 4 aromatic rings.